The van der Waals surface area contributed by atoms with Gasteiger partial charge in [-0.25, -0.2) is 9.18 Å². The number of hydrogen-bond donors (Lipinski definition) is 1. The lowest BCUT2D eigenvalue weighted by Crippen LogP contribution is -2.49. The second-order valence-corrected chi connectivity index (χ2v) is 9.53. The third-order valence-corrected chi connectivity index (χ3v) is 7.09. The minimum atomic E-state index is -0.386. The molecule has 0 saturated carbocycles. The third kappa shape index (κ3) is 5.40. The van der Waals surface area contributed by atoms with Crippen molar-refractivity contribution in [1.29, 1.82) is 0 Å². The predicted octanol–water partition coefficient (Wildman–Crippen LogP) is 5.16. The highest BCUT2D eigenvalue weighted by molar-refractivity contribution is 7.80. The second-order valence-electron chi connectivity index (χ2n) is 7.92. The molecule has 2 aromatic carbocycles. The molecule has 2 heterocycles. The van der Waals surface area contributed by atoms with Crippen LogP contribution in [-0.2, 0) is 11.3 Å². The largest absolute Gasteiger partial charge is 0.465 e. The van der Waals surface area contributed by atoms with Gasteiger partial charge in [-0.2, -0.15) is 0 Å². The second kappa shape index (κ2) is 10.4. The van der Waals surface area contributed by atoms with E-state index in [-0.39, 0.29) is 11.8 Å². The molecule has 1 saturated heterocycles. The minimum absolute atomic E-state index is 0.209. The molecule has 0 unspecified atom stereocenters. The number of halogens is 1. The van der Waals surface area contributed by atoms with Crippen molar-refractivity contribution in [2.24, 2.45) is 0 Å². The number of hydrogen-bond acceptors (Lipinski definition) is 5. The summed E-state index contributed by atoms with van der Waals surface area (Å²) < 4.78 is 18.6. The average molecular weight is 484 g/mol. The fraction of sp³-hybridized carbons (Fsp3) is 0.280. The summed E-state index contributed by atoms with van der Waals surface area (Å²) >= 11 is 7.20. The first-order valence-corrected chi connectivity index (χ1v) is 12.0. The van der Waals surface area contributed by atoms with Gasteiger partial charge in [0.15, 0.2) is 5.11 Å². The molecule has 0 radical (unpaired) electrons. The zero-order chi connectivity index (χ0) is 23.4. The quantitative estimate of drug-likeness (QED) is 0.399. The molecule has 1 aromatic heterocycles. The van der Waals surface area contributed by atoms with Crippen LogP contribution in [0.2, 0.25) is 0 Å². The topological polar surface area (TPSA) is 44.8 Å². The van der Waals surface area contributed by atoms with E-state index in [9.17, 15) is 9.18 Å². The van der Waals surface area contributed by atoms with Crippen molar-refractivity contribution in [3.05, 3.63) is 76.4 Å². The summed E-state index contributed by atoms with van der Waals surface area (Å²) in [7, 11) is 1.39. The number of carbonyl (C=O) groups is 1. The third-order valence-electron chi connectivity index (χ3n) is 5.71. The lowest BCUT2D eigenvalue weighted by molar-refractivity contribution is 0.0603. The van der Waals surface area contributed by atoms with E-state index >= 15 is 0 Å². The summed E-state index contributed by atoms with van der Waals surface area (Å²) in [6.45, 7) is 5.86. The monoisotopic (exact) mass is 483 g/mol. The number of thiophene rings is 1. The highest BCUT2D eigenvalue weighted by Gasteiger charge is 2.26. The highest BCUT2D eigenvalue weighted by Crippen LogP contribution is 2.40. The maximum absolute atomic E-state index is 13.5. The van der Waals surface area contributed by atoms with Gasteiger partial charge in [-0.3, -0.25) is 4.90 Å². The zero-order valence-corrected chi connectivity index (χ0v) is 20.3. The van der Waals surface area contributed by atoms with Crippen molar-refractivity contribution in [3.63, 3.8) is 0 Å². The number of aryl methyl sites for hydroxylation is 1. The number of esters is 1. The van der Waals surface area contributed by atoms with E-state index in [2.05, 4.69) is 15.1 Å². The van der Waals surface area contributed by atoms with Crippen LogP contribution in [0.25, 0.3) is 11.1 Å². The van der Waals surface area contributed by atoms with E-state index in [1.165, 1.54) is 24.5 Å². The molecule has 1 fully saturated rings. The Kier molecular flexibility index (Phi) is 7.37. The first-order chi connectivity index (χ1) is 16.0. The van der Waals surface area contributed by atoms with Crippen LogP contribution in [0.5, 0.6) is 0 Å². The number of carbonyl (C=O) groups excluding carboxylic acids is 1. The minimum Gasteiger partial charge on any atom is -0.465 e. The van der Waals surface area contributed by atoms with Crippen molar-refractivity contribution in [2.75, 3.05) is 38.6 Å². The number of nitrogens with one attached hydrogen (secondary N) is 1. The molecule has 0 bridgehead atoms. The van der Waals surface area contributed by atoms with Crippen molar-refractivity contribution in [3.8, 4) is 11.1 Å². The Morgan fingerprint density at radius 2 is 1.85 bits per heavy atom. The summed E-state index contributed by atoms with van der Waals surface area (Å²) in [6.07, 6.45) is 0. The van der Waals surface area contributed by atoms with Crippen molar-refractivity contribution >= 4 is 39.6 Å². The molecule has 1 aliphatic heterocycles. The molecule has 5 nitrogen and oxygen atoms in total. The van der Waals surface area contributed by atoms with Crippen LogP contribution in [0.3, 0.4) is 0 Å². The molecular weight excluding hydrogens is 457 g/mol. The number of benzene rings is 2. The van der Waals surface area contributed by atoms with Gasteiger partial charge in [0.25, 0.3) is 0 Å². The number of piperazine rings is 1. The van der Waals surface area contributed by atoms with Gasteiger partial charge in [0.2, 0.25) is 0 Å². The Morgan fingerprint density at radius 3 is 2.52 bits per heavy atom. The van der Waals surface area contributed by atoms with Crippen molar-refractivity contribution in [2.45, 2.75) is 13.5 Å². The Bertz CT molecular complexity index is 1140. The lowest BCUT2D eigenvalue weighted by atomic mass is 10.0. The van der Waals surface area contributed by atoms with Gasteiger partial charge in [-0.05, 0) is 42.4 Å². The van der Waals surface area contributed by atoms with Gasteiger partial charge in [-0.15, -0.1) is 11.3 Å². The van der Waals surface area contributed by atoms with E-state index < -0.39 is 0 Å². The molecule has 33 heavy (non-hydrogen) atoms. The normalized spacial score (nSPS) is 14.2. The van der Waals surface area contributed by atoms with Gasteiger partial charge >= 0.3 is 5.97 Å². The van der Waals surface area contributed by atoms with Crippen LogP contribution in [-0.4, -0.2) is 54.2 Å². The summed E-state index contributed by atoms with van der Waals surface area (Å²) in [4.78, 5) is 18.1. The molecular formula is C25H26FN3O2S2. The van der Waals surface area contributed by atoms with Gasteiger partial charge in [0.1, 0.15) is 16.4 Å². The maximum Gasteiger partial charge on any atom is 0.341 e. The smallest absolute Gasteiger partial charge is 0.341 e. The van der Waals surface area contributed by atoms with Crippen LogP contribution >= 0.6 is 23.6 Å². The Balaban J connectivity index is 1.45. The maximum atomic E-state index is 13.5. The van der Waals surface area contributed by atoms with E-state index in [0.717, 1.165) is 47.7 Å². The Morgan fingerprint density at radius 1 is 1.12 bits per heavy atom. The summed E-state index contributed by atoms with van der Waals surface area (Å²) in [5, 5.41) is 4.59. The molecule has 0 amide bonds. The fourth-order valence-electron chi connectivity index (χ4n) is 4.06. The van der Waals surface area contributed by atoms with E-state index in [1.807, 2.05) is 43.3 Å². The first-order valence-electron chi connectivity index (χ1n) is 10.8. The predicted molar refractivity (Wildman–Crippen MR) is 135 cm³/mol. The van der Waals surface area contributed by atoms with Gasteiger partial charge in [0.05, 0.1) is 7.11 Å². The molecule has 1 N–H and O–H groups in total. The number of thiocarbonyl (C=S) groups is 1. The van der Waals surface area contributed by atoms with Crippen LogP contribution < -0.4 is 5.32 Å². The molecule has 0 atom stereocenters. The molecule has 8 heteroatoms. The van der Waals surface area contributed by atoms with E-state index in [1.54, 1.807) is 12.1 Å². The standard InChI is InChI=1S/C25H26FN3O2S2/c1-17-21(19-8-4-3-5-9-19)22(24(30)31-2)23(33-17)27-25(32)29-13-11-28(12-14-29)16-18-7-6-10-20(26)15-18/h3-10,15H,11-14,16H2,1-2H3,(H,27,32). The lowest BCUT2D eigenvalue weighted by Gasteiger charge is -2.36. The van der Waals surface area contributed by atoms with Gasteiger partial charge < -0.3 is 15.0 Å². The van der Waals surface area contributed by atoms with Gasteiger partial charge in [-0.1, -0.05) is 42.5 Å². The number of ether oxygens (including phenoxy) is 1. The van der Waals surface area contributed by atoms with Crippen molar-refractivity contribution < 1.29 is 13.9 Å². The van der Waals surface area contributed by atoms with Crippen LogP contribution in [0.4, 0.5) is 9.39 Å². The van der Waals surface area contributed by atoms with E-state index in [0.29, 0.717) is 22.2 Å². The molecule has 1 aliphatic rings. The Hall–Kier alpha value is -2.81. The fourth-order valence-corrected chi connectivity index (χ4v) is 5.47. The molecule has 0 spiro atoms. The summed E-state index contributed by atoms with van der Waals surface area (Å²) in [6, 6.07) is 16.6. The average Bonchev–Trinajstić information content (AvgIpc) is 3.15. The molecule has 4 rings (SSSR count). The molecule has 3 aromatic rings. The number of nitrogens with zero attached hydrogens (tertiary/aromatic N) is 2. The zero-order valence-electron chi connectivity index (χ0n) is 18.6. The van der Waals surface area contributed by atoms with Crippen molar-refractivity contribution in [1.82, 2.24) is 9.80 Å². The van der Waals surface area contributed by atoms with Crippen LogP contribution in [0, 0.1) is 12.7 Å². The first kappa shape index (κ1) is 23.4. The number of rotatable bonds is 5. The van der Waals surface area contributed by atoms with Crippen LogP contribution in [0.15, 0.2) is 54.6 Å². The summed E-state index contributed by atoms with van der Waals surface area (Å²) in [5.41, 5.74) is 3.32. The number of anilines is 1. The summed E-state index contributed by atoms with van der Waals surface area (Å²) in [5.74, 6) is -0.595. The SMILES string of the molecule is COC(=O)c1c(NC(=S)N2CCN(Cc3cccc(F)c3)CC2)sc(C)c1-c1ccccc1. The molecule has 0 aliphatic carbocycles. The Labute approximate surface area is 202 Å². The molecule has 172 valence electrons. The highest BCUT2D eigenvalue weighted by atomic mass is 32.1. The van der Waals surface area contributed by atoms with E-state index in [4.69, 9.17) is 17.0 Å². The van der Waals surface area contributed by atoms with Gasteiger partial charge in [0, 0.05) is 43.2 Å². The number of methoxy groups -OCH3 is 1. The van der Waals surface area contributed by atoms with Crippen LogP contribution in [0.1, 0.15) is 20.8 Å².